The predicted octanol–water partition coefficient (Wildman–Crippen LogP) is 1.69. The van der Waals surface area contributed by atoms with Crippen LogP contribution in [0.3, 0.4) is 0 Å². The lowest BCUT2D eigenvalue weighted by Gasteiger charge is -2.04. The number of nitro groups is 1. The molecule has 0 aliphatic rings. The molecule has 0 amide bonds. The average Bonchev–Trinajstić information content (AvgIpc) is 2.37. The summed E-state index contributed by atoms with van der Waals surface area (Å²) in [7, 11) is 2.98. The van der Waals surface area contributed by atoms with Crippen molar-refractivity contribution in [3.8, 4) is 0 Å². The van der Waals surface area contributed by atoms with E-state index in [0.717, 1.165) is 11.8 Å². The number of carbonyl (C=O) groups excluding carboxylic acids is 1. The molecule has 1 aromatic heterocycles. The normalized spacial score (nSPS) is 9.89. The molecule has 0 aliphatic carbocycles. The van der Waals surface area contributed by atoms with E-state index in [0.29, 0.717) is 11.6 Å². The van der Waals surface area contributed by atoms with E-state index in [4.69, 9.17) is 0 Å². The number of carbonyl (C=O) groups is 1. The maximum Gasteiger partial charge on any atom is 0.306 e. The van der Waals surface area contributed by atoms with Crippen LogP contribution < -0.4 is 5.32 Å². The zero-order chi connectivity index (χ0) is 13.5. The molecule has 0 aromatic carbocycles. The van der Waals surface area contributed by atoms with Crippen LogP contribution in [0, 0.1) is 10.1 Å². The van der Waals surface area contributed by atoms with Crippen molar-refractivity contribution in [2.24, 2.45) is 0 Å². The number of methoxy groups -OCH3 is 1. The van der Waals surface area contributed by atoms with Crippen molar-refractivity contribution in [1.82, 2.24) is 4.98 Å². The minimum atomic E-state index is -0.493. The zero-order valence-electron chi connectivity index (χ0n) is 10.0. The highest BCUT2D eigenvalue weighted by molar-refractivity contribution is 7.99. The summed E-state index contributed by atoms with van der Waals surface area (Å²) < 4.78 is 4.49. The van der Waals surface area contributed by atoms with Gasteiger partial charge in [-0.3, -0.25) is 14.9 Å². The number of thioether (sulfide) groups is 1. The number of anilines is 1. The van der Waals surface area contributed by atoms with Crippen LogP contribution in [-0.2, 0) is 9.53 Å². The van der Waals surface area contributed by atoms with Crippen LogP contribution in [0.15, 0.2) is 17.2 Å². The van der Waals surface area contributed by atoms with Gasteiger partial charge in [0.15, 0.2) is 5.03 Å². The Morgan fingerprint density at radius 1 is 1.61 bits per heavy atom. The number of pyridine rings is 1. The van der Waals surface area contributed by atoms with Crippen molar-refractivity contribution in [2.45, 2.75) is 11.4 Å². The van der Waals surface area contributed by atoms with Gasteiger partial charge in [0.2, 0.25) is 0 Å². The first-order chi connectivity index (χ1) is 8.58. The van der Waals surface area contributed by atoms with E-state index in [1.54, 1.807) is 7.05 Å². The molecule has 0 atom stereocenters. The van der Waals surface area contributed by atoms with Gasteiger partial charge in [-0.2, -0.15) is 0 Å². The van der Waals surface area contributed by atoms with E-state index in [1.807, 2.05) is 0 Å². The number of nitrogens with zero attached hydrogens (tertiary/aromatic N) is 2. The second-order valence-electron chi connectivity index (χ2n) is 3.20. The minimum absolute atomic E-state index is 0.0659. The van der Waals surface area contributed by atoms with E-state index >= 15 is 0 Å². The minimum Gasteiger partial charge on any atom is -0.469 e. The first kappa shape index (κ1) is 14.2. The highest BCUT2D eigenvalue weighted by atomic mass is 32.2. The van der Waals surface area contributed by atoms with E-state index < -0.39 is 4.92 Å². The van der Waals surface area contributed by atoms with Crippen LogP contribution in [0.1, 0.15) is 6.42 Å². The number of hydrogen-bond acceptors (Lipinski definition) is 7. The summed E-state index contributed by atoms with van der Waals surface area (Å²) in [6, 6.07) is 2.92. The first-order valence-electron chi connectivity index (χ1n) is 5.11. The van der Waals surface area contributed by atoms with E-state index in [1.165, 1.54) is 19.2 Å². The molecular formula is C10H13N3O4S. The van der Waals surface area contributed by atoms with Gasteiger partial charge < -0.3 is 10.1 Å². The zero-order valence-corrected chi connectivity index (χ0v) is 10.8. The molecule has 0 bridgehead atoms. The largest absolute Gasteiger partial charge is 0.469 e. The lowest BCUT2D eigenvalue weighted by Crippen LogP contribution is -2.02. The van der Waals surface area contributed by atoms with Gasteiger partial charge in [0.05, 0.1) is 18.5 Å². The molecule has 18 heavy (non-hydrogen) atoms. The number of esters is 1. The second-order valence-corrected chi connectivity index (χ2v) is 4.29. The Morgan fingerprint density at radius 3 is 2.89 bits per heavy atom. The van der Waals surface area contributed by atoms with E-state index in [-0.39, 0.29) is 23.1 Å². The fourth-order valence-corrected chi connectivity index (χ4v) is 2.07. The summed E-state index contributed by atoms with van der Waals surface area (Å²) in [6.07, 6.45) is 0.184. The van der Waals surface area contributed by atoms with Crippen molar-refractivity contribution in [1.29, 1.82) is 0 Å². The number of hydrogen-bond donors (Lipinski definition) is 1. The quantitative estimate of drug-likeness (QED) is 0.364. The summed E-state index contributed by atoms with van der Waals surface area (Å²) in [5, 5.41) is 13.9. The Morgan fingerprint density at radius 2 is 2.33 bits per heavy atom. The molecule has 1 aromatic rings. The smallest absolute Gasteiger partial charge is 0.306 e. The maximum atomic E-state index is 10.9. The molecule has 1 N–H and O–H groups in total. The lowest BCUT2D eigenvalue weighted by molar-refractivity contribution is -0.388. The third-order valence-electron chi connectivity index (χ3n) is 2.07. The Hall–Kier alpha value is -1.83. The van der Waals surface area contributed by atoms with Gasteiger partial charge in [0.25, 0.3) is 0 Å². The Bertz CT molecular complexity index is 453. The van der Waals surface area contributed by atoms with Gasteiger partial charge in [-0.15, -0.1) is 0 Å². The van der Waals surface area contributed by atoms with Crippen molar-refractivity contribution in [2.75, 3.05) is 25.2 Å². The molecule has 7 nitrogen and oxygen atoms in total. The molecule has 0 saturated carbocycles. The third-order valence-corrected chi connectivity index (χ3v) is 3.05. The number of ether oxygens (including phenoxy) is 1. The molecule has 0 radical (unpaired) electrons. The van der Waals surface area contributed by atoms with Crippen LogP contribution >= 0.6 is 11.8 Å². The lowest BCUT2D eigenvalue weighted by atomic mass is 10.4. The SMILES string of the molecule is CNc1ccc([N+](=O)[O-])c(SCCC(=O)OC)n1. The second kappa shape index (κ2) is 6.80. The molecule has 1 heterocycles. The van der Waals surface area contributed by atoms with Crippen LogP contribution in [-0.4, -0.2) is 35.8 Å². The predicted molar refractivity (Wildman–Crippen MR) is 67.8 cm³/mol. The third kappa shape index (κ3) is 3.88. The number of rotatable bonds is 6. The molecule has 0 aliphatic heterocycles. The van der Waals surface area contributed by atoms with E-state index in [9.17, 15) is 14.9 Å². The highest BCUT2D eigenvalue weighted by Crippen LogP contribution is 2.28. The van der Waals surface area contributed by atoms with E-state index in [2.05, 4.69) is 15.0 Å². The van der Waals surface area contributed by atoms with Crippen LogP contribution in [0.5, 0.6) is 0 Å². The molecule has 98 valence electrons. The summed E-state index contributed by atoms with van der Waals surface area (Å²) in [4.78, 5) is 25.4. The van der Waals surface area contributed by atoms with Gasteiger partial charge in [-0.1, -0.05) is 11.8 Å². The van der Waals surface area contributed by atoms with Gasteiger partial charge in [0.1, 0.15) is 5.82 Å². The molecule has 0 spiro atoms. The summed E-state index contributed by atoms with van der Waals surface area (Å²) in [5.74, 6) is 0.573. The molecule has 8 heteroatoms. The average molecular weight is 271 g/mol. The molecule has 0 saturated heterocycles. The van der Waals surface area contributed by atoms with Gasteiger partial charge >= 0.3 is 11.7 Å². The molecule has 1 rings (SSSR count). The monoisotopic (exact) mass is 271 g/mol. The van der Waals surface area contributed by atoms with Crippen molar-refractivity contribution in [3.05, 3.63) is 22.2 Å². The summed E-state index contributed by atoms with van der Waals surface area (Å²) >= 11 is 1.15. The number of nitrogens with one attached hydrogen (secondary N) is 1. The topological polar surface area (TPSA) is 94.4 Å². The highest BCUT2D eigenvalue weighted by Gasteiger charge is 2.16. The molecule has 0 unspecified atom stereocenters. The Labute approximate surface area is 108 Å². The fourth-order valence-electron chi connectivity index (χ4n) is 1.15. The number of aromatic nitrogens is 1. The standard InChI is InChI=1S/C10H13N3O4S/c1-11-8-4-3-7(13(15)16)10(12-8)18-6-5-9(14)17-2/h3-4H,5-6H2,1-2H3,(H,11,12). The van der Waals surface area contributed by atoms with Gasteiger partial charge in [0, 0.05) is 18.9 Å². The Balaban J connectivity index is 2.78. The Kier molecular flexibility index (Phi) is 5.37. The van der Waals surface area contributed by atoms with Crippen LogP contribution in [0.4, 0.5) is 11.5 Å². The fraction of sp³-hybridized carbons (Fsp3) is 0.400. The van der Waals surface area contributed by atoms with Gasteiger partial charge in [-0.25, -0.2) is 4.98 Å². The summed E-state index contributed by atoms with van der Waals surface area (Å²) in [6.45, 7) is 0. The van der Waals surface area contributed by atoms with Crippen LogP contribution in [0.2, 0.25) is 0 Å². The maximum absolute atomic E-state index is 10.9. The molecular weight excluding hydrogens is 258 g/mol. The van der Waals surface area contributed by atoms with Gasteiger partial charge in [-0.05, 0) is 6.07 Å². The van der Waals surface area contributed by atoms with Crippen molar-refractivity contribution >= 4 is 29.2 Å². The van der Waals surface area contributed by atoms with Crippen molar-refractivity contribution < 1.29 is 14.5 Å². The first-order valence-corrected chi connectivity index (χ1v) is 6.10. The van der Waals surface area contributed by atoms with Crippen molar-refractivity contribution in [3.63, 3.8) is 0 Å². The summed E-state index contributed by atoms with van der Waals surface area (Å²) in [5.41, 5.74) is -0.0659. The molecule has 0 fully saturated rings. The van der Waals surface area contributed by atoms with Crippen LogP contribution in [0.25, 0.3) is 0 Å².